The van der Waals surface area contributed by atoms with Gasteiger partial charge in [-0.25, -0.2) is 0 Å². The highest BCUT2D eigenvalue weighted by Crippen LogP contribution is 2.40. The standard InChI is InChI=1S/C17H16O/c1-17(2)12-16(13-8-4-3-5-9-13)18-15-11-7-6-10-14(15)17/h3-12H,1-2H3. The Bertz CT molecular complexity index is 594. The van der Waals surface area contributed by atoms with Crippen LogP contribution in [-0.4, -0.2) is 0 Å². The zero-order valence-electron chi connectivity index (χ0n) is 10.7. The molecule has 0 amide bonds. The van der Waals surface area contributed by atoms with E-state index in [0.29, 0.717) is 0 Å². The average molecular weight is 236 g/mol. The highest BCUT2D eigenvalue weighted by atomic mass is 16.5. The normalized spacial score (nSPS) is 16.4. The van der Waals surface area contributed by atoms with Gasteiger partial charge in [0.05, 0.1) is 0 Å². The predicted octanol–water partition coefficient (Wildman–Crippen LogP) is 4.40. The van der Waals surface area contributed by atoms with E-state index in [1.54, 1.807) is 0 Å². The Morgan fingerprint density at radius 1 is 0.833 bits per heavy atom. The van der Waals surface area contributed by atoms with Gasteiger partial charge in [-0.05, 0) is 12.1 Å². The lowest BCUT2D eigenvalue weighted by molar-refractivity contribution is 0.461. The van der Waals surface area contributed by atoms with Crippen LogP contribution in [0.4, 0.5) is 0 Å². The number of hydrogen-bond donors (Lipinski definition) is 0. The lowest BCUT2D eigenvalue weighted by Gasteiger charge is -2.30. The second kappa shape index (κ2) is 4.02. The minimum atomic E-state index is 0.0000180. The summed E-state index contributed by atoms with van der Waals surface area (Å²) in [5, 5.41) is 0. The molecule has 1 nitrogen and oxygen atoms in total. The Balaban J connectivity index is 2.10. The van der Waals surface area contributed by atoms with Crippen molar-refractivity contribution >= 4 is 5.76 Å². The minimum Gasteiger partial charge on any atom is -0.457 e. The third-order valence-corrected chi connectivity index (χ3v) is 3.35. The molecule has 0 radical (unpaired) electrons. The molecule has 0 aromatic heterocycles. The molecule has 1 aliphatic rings. The molecule has 2 aromatic rings. The average Bonchev–Trinajstić information content (AvgIpc) is 2.39. The molecule has 2 aromatic carbocycles. The summed E-state index contributed by atoms with van der Waals surface area (Å²) in [7, 11) is 0. The number of allylic oxidation sites excluding steroid dienone is 1. The molecule has 18 heavy (non-hydrogen) atoms. The number of ether oxygens (including phenoxy) is 1. The first-order valence-corrected chi connectivity index (χ1v) is 6.22. The summed E-state index contributed by atoms with van der Waals surface area (Å²) in [5.74, 6) is 1.91. The summed E-state index contributed by atoms with van der Waals surface area (Å²) in [6.07, 6.45) is 2.20. The van der Waals surface area contributed by atoms with E-state index in [0.717, 1.165) is 17.1 Å². The van der Waals surface area contributed by atoms with Crippen molar-refractivity contribution in [2.45, 2.75) is 19.3 Å². The Labute approximate surface area is 108 Å². The van der Waals surface area contributed by atoms with E-state index in [4.69, 9.17) is 4.74 Å². The van der Waals surface area contributed by atoms with Gasteiger partial charge < -0.3 is 4.74 Å². The largest absolute Gasteiger partial charge is 0.457 e. The fraction of sp³-hybridized carbons (Fsp3) is 0.176. The second-order valence-corrected chi connectivity index (χ2v) is 5.19. The van der Waals surface area contributed by atoms with Gasteiger partial charge in [-0.1, -0.05) is 62.4 Å². The highest BCUT2D eigenvalue weighted by Gasteiger charge is 2.28. The molecule has 0 N–H and O–H groups in total. The van der Waals surface area contributed by atoms with E-state index >= 15 is 0 Å². The SMILES string of the molecule is CC1(C)C=C(c2ccccc2)Oc2ccccc21. The van der Waals surface area contributed by atoms with Crippen LogP contribution in [0, 0.1) is 0 Å². The minimum absolute atomic E-state index is 0.0000180. The van der Waals surface area contributed by atoms with Gasteiger partial charge >= 0.3 is 0 Å². The Morgan fingerprint density at radius 2 is 1.50 bits per heavy atom. The number of benzene rings is 2. The molecular formula is C17H16O. The molecule has 0 saturated carbocycles. The predicted molar refractivity (Wildman–Crippen MR) is 74.5 cm³/mol. The van der Waals surface area contributed by atoms with Crippen molar-refractivity contribution in [1.29, 1.82) is 0 Å². The summed E-state index contributed by atoms with van der Waals surface area (Å²) in [5.41, 5.74) is 2.37. The van der Waals surface area contributed by atoms with E-state index in [9.17, 15) is 0 Å². The molecule has 1 heterocycles. The number of rotatable bonds is 1. The molecule has 1 heteroatoms. The van der Waals surface area contributed by atoms with Crippen LogP contribution < -0.4 is 4.74 Å². The van der Waals surface area contributed by atoms with Gasteiger partial charge in [0.2, 0.25) is 0 Å². The monoisotopic (exact) mass is 236 g/mol. The van der Waals surface area contributed by atoms with Crippen LogP contribution in [-0.2, 0) is 5.41 Å². The third kappa shape index (κ3) is 1.82. The van der Waals surface area contributed by atoms with Gasteiger partial charge in [-0.3, -0.25) is 0 Å². The van der Waals surface area contributed by atoms with Crippen molar-refractivity contribution in [1.82, 2.24) is 0 Å². The molecule has 0 unspecified atom stereocenters. The van der Waals surface area contributed by atoms with Crippen molar-refractivity contribution in [2.24, 2.45) is 0 Å². The van der Waals surface area contributed by atoms with Crippen molar-refractivity contribution in [3.05, 3.63) is 71.8 Å². The molecule has 0 bridgehead atoms. The molecular weight excluding hydrogens is 220 g/mol. The van der Waals surface area contributed by atoms with Gasteiger partial charge in [0.25, 0.3) is 0 Å². The summed E-state index contributed by atoms with van der Waals surface area (Å²) >= 11 is 0. The Hall–Kier alpha value is -2.02. The maximum Gasteiger partial charge on any atom is 0.131 e. The number of hydrogen-bond acceptors (Lipinski definition) is 1. The molecule has 3 rings (SSSR count). The van der Waals surface area contributed by atoms with Crippen LogP contribution >= 0.6 is 0 Å². The number of fused-ring (bicyclic) bond motifs is 1. The van der Waals surface area contributed by atoms with Gasteiger partial charge in [0, 0.05) is 16.5 Å². The van der Waals surface area contributed by atoms with E-state index in [1.165, 1.54) is 5.56 Å². The van der Waals surface area contributed by atoms with Gasteiger partial charge in [-0.15, -0.1) is 0 Å². The maximum absolute atomic E-state index is 6.01. The van der Waals surface area contributed by atoms with Crippen LogP contribution in [0.25, 0.3) is 5.76 Å². The van der Waals surface area contributed by atoms with Crippen molar-refractivity contribution in [3.63, 3.8) is 0 Å². The van der Waals surface area contributed by atoms with Gasteiger partial charge in [0.1, 0.15) is 11.5 Å². The van der Waals surface area contributed by atoms with Crippen LogP contribution in [0.1, 0.15) is 25.0 Å². The first-order chi connectivity index (χ1) is 8.67. The highest BCUT2D eigenvalue weighted by molar-refractivity contribution is 5.67. The van der Waals surface area contributed by atoms with E-state index < -0.39 is 0 Å². The van der Waals surface area contributed by atoms with Crippen LogP contribution in [0.3, 0.4) is 0 Å². The van der Waals surface area contributed by atoms with Crippen molar-refractivity contribution in [3.8, 4) is 5.75 Å². The molecule has 90 valence electrons. The van der Waals surface area contributed by atoms with Crippen molar-refractivity contribution in [2.75, 3.05) is 0 Å². The van der Waals surface area contributed by atoms with Crippen LogP contribution in [0.15, 0.2) is 60.7 Å². The molecule has 1 aliphatic heterocycles. The molecule has 0 aliphatic carbocycles. The fourth-order valence-electron chi connectivity index (χ4n) is 2.39. The summed E-state index contributed by atoms with van der Waals surface area (Å²) in [4.78, 5) is 0. The molecule has 0 fully saturated rings. The van der Waals surface area contributed by atoms with Gasteiger partial charge in [0.15, 0.2) is 0 Å². The second-order valence-electron chi connectivity index (χ2n) is 5.19. The molecule has 0 atom stereocenters. The van der Waals surface area contributed by atoms with E-state index in [1.807, 2.05) is 30.3 Å². The van der Waals surface area contributed by atoms with Crippen LogP contribution in [0.2, 0.25) is 0 Å². The smallest absolute Gasteiger partial charge is 0.131 e. The first kappa shape index (κ1) is 11.1. The maximum atomic E-state index is 6.01. The quantitative estimate of drug-likeness (QED) is 0.713. The third-order valence-electron chi connectivity index (χ3n) is 3.35. The summed E-state index contributed by atoms with van der Waals surface area (Å²) in [6.45, 7) is 4.44. The molecule has 0 spiro atoms. The lowest BCUT2D eigenvalue weighted by Crippen LogP contribution is -2.21. The summed E-state index contributed by atoms with van der Waals surface area (Å²) in [6, 6.07) is 18.5. The Morgan fingerprint density at radius 3 is 2.28 bits per heavy atom. The topological polar surface area (TPSA) is 9.23 Å². The first-order valence-electron chi connectivity index (χ1n) is 6.22. The van der Waals surface area contributed by atoms with E-state index in [-0.39, 0.29) is 5.41 Å². The van der Waals surface area contributed by atoms with Gasteiger partial charge in [-0.2, -0.15) is 0 Å². The van der Waals surface area contributed by atoms with Crippen LogP contribution in [0.5, 0.6) is 5.75 Å². The number of para-hydroxylation sites is 1. The summed E-state index contributed by atoms with van der Waals surface area (Å²) < 4.78 is 6.01. The lowest BCUT2D eigenvalue weighted by atomic mass is 9.81. The zero-order chi connectivity index (χ0) is 12.6. The van der Waals surface area contributed by atoms with E-state index in [2.05, 4.69) is 44.2 Å². The molecule has 0 saturated heterocycles. The zero-order valence-corrected chi connectivity index (χ0v) is 10.7. The fourth-order valence-corrected chi connectivity index (χ4v) is 2.39. The van der Waals surface area contributed by atoms with Crippen molar-refractivity contribution < 1.29 is 4.74 Å². The Kier molecular flexibility index (Phi) is 2.48.